The maximum atomic E-state index is 12.9. The van der Waals surface area contributed by atoms with Crippen molar-refractivity contribution in [1.82, 2.24) is 0 Å². The molecule has 0 N–H and O–H groups in total. The smallest absolute Gasteiger partial charge is 0.345 e. The lowest BCUT2D eigenvalue weighted by Gasteiger charge is -2.26. The Labute approximate surface area is 184 Å². The summed E-state index contributed by atoms with van der Waals surface area (Å²) in [6.45, 7) is 9.10. The van der Waals surface area contributed by atoms with E-state index >= 15 is 0 Å². The Kier molecular flexibility index (Phi) is 4.59. The monoisotopic (exact) mass is 446 g/mol. The molecule has 0 saturated carbocycles. The van der Waals surface area contributed by atoms with Gasteiger partial charge in [-0.05, 0) is 32.3 Å². The SMILES string of the molecule is C=C(C)[C@H]1Cc2oc(cc2C(=O)OC)[C@H]2O[C@@]2(C)C[C@@H]2OC(=O)[C@]3(O[C@@H]23)[C@H](OC(C)=O)C1. The van der Waals surface area contributed by atoms with Gasteiger partial charge in [-0.2, -0.15) is 0 Å². The number of carbonyl (C=O) groups excluding carboxylic acids is 3. The van der Waals surface area contributed by atoms with Gasteiger partial charge in [0.15, 0.2) is 0 Å². The molecule has 3 saturated heterocycles. The Balaban J connectivity index is 1.58. The third-order valence-corrected chi connectivity index (χ3v) is 7.00. The van der Waals surface area contributed by atoms with Crippen molar-refractivity contribution in [2.75, 3.05) is 7.11 Å². The molecule has 5 heterocycles. The van der Waals surface area contributed by atoms with Crippen molar-refractivity contribution in [1.29, 1.82) is 0 Å². The molecule has 4 aliphatic rings. The molecular weight excluding hydrogens is 420 g/mol. The molecule has 32 heavy (non-hydrogen) atoms. The summed E-state index contributed by atoms with van der Waals surface area (Å²) in [5.41, 5.74) is -0.859. The first-order valence-electron chi connectivity index (χ1n) is 10.7. The van der Waals surface area contributed by atoms with Crippen molar-refractivity contribution in [2.24, 2.45) is 5.92 Å². The number of hydrogen-bond donors (Lipinski definition) is 0. The van der Waals surface area contributed by atoms with Crippen LogP contribution in [0.4, 0.5) is 0 Å². The second-order valence-electron chi connectivity index (χ2n) is 9.35. The van der Waals surface area contributed by atoms with Crippen LogP contribution in [0.3, 0.4) is 0 Å². The highest BCUT2D eigenvalue weighted by molar-refractivity contribution is 5.91. The predicted molar refractivity (Wildman–Crippen MR) is 107 cm³/mol. The first-order valence-corrected chi connectivity index (χ1v) is 10.7. The van der Waals surface area contributed by atoms with Crippen LogP contribution in [-0.2, 0) is 39.7 Å². The van der Waals surface area contributed by atoms with Gasteiger partial charge in [0, 0.05) is 19.8 Å². The van der Waals surface area contributed by atoms with E-state index in [0.717, 1.165) is 5.57 Å². The van der Waals surface area contributed by atoms with Gasteiger partial charge in [-0.15, -0.1) is 0 Å². The first-order chi connectivity index (χ1) is 15.1. The second-order valence-corrected chi connectivity index (χ2v) is 9.35. The van der Waals surface area contributed by atoms with E-state index in [1.807, 2.05) is 13.8 Å². The minimum atomic E-state index is -1.32. The van der Waals surface area contributed by atoms with Crippen LogP contribution < -0.4 is 0 Å². The zero-order chi connectivity index (χ0) is 23.0. The lowest BCUT2D eigenvalue weighted by molar-refractivity contribution is -0.165. The fourth-order valence-electron chi connectivity index (χ4n) is 5.14. The quantitative estimate of drug-likeness (QED) is 0.299. The molecule has 1 aromatic rings. The highest BCUT2D eigenvalue weighted by Gasteiger charge is 2.79. The molecule has 4 aliphatic heterocycles. The van der Waals surface area contributed by atoms with Gasteiger partial charge in [-0.1, -0.05) is 12.2 Å². The molecule has 1 aromatic heterocycles. The van der Waals surface area contributed by atoms with Crippen molar-refractivity contribution in [3.05, 3.63) is 35.3 Å². The topological polar surface area (TPSA) is 117 Å². The van der Waals surface area contributed by atoms with E-state index in [2.05, 4.69) is 6.58 Å². The highest BCUT2D eigenvalue weighted by atomic mass is 16.7. The molecule has 0 aromatic carbocycles. The maximum absolute atomic E-state index is 12.9. The van der Waals surface area contributed by atoms with Crippen molar-refractivity contribution >= 4 is 17.9 Å². The number of ether oxygens (including phenoxy) is 5. The van der Waals surface area contributed by atoms with E-state index in [-0.39, 0.29) is 18.4 Å². The zero-order valence-electron chi connectivity index (χ0n) is 18.5. The summed E-state index contributed by atoms with van der Waals surface area (Å²) in [5, 5.41) is 0. The van der Waals surface area contributed by atoms with Crippen LogP contribution in [0.5, 0.6) is 0 Å². The van der Waals surface area contributed by atoms with E-state index in [9.17, 15) is 14.4 Å². The van der Waals surface area contributed by atoms with Gasteiger partial charge in [0.25, 0.3) is 0 Å². The van der Waals surface area contributed by atoms with Gasteiger partial charge in [0.2, 0.25) is 5.60 Å². The van der Waals surface area contributed by atoms with E-state index in [1.165, 1.54) is 14.0 Å². The molecule has 3 fully saturated rings. The van der Waals surface area contributed by atoms with Gasteiger partial charge >= 0.3 is 17.9 Å². The number of esters is 3. The fraction of sp³-hybridized carbons (Fsp3) is 0.609. The van der Waals surface area contributed by atoms with Crippen LogP contribution in [0.2, 0.25) is 0 Å². The van der Waals surface area contributed by atoms with Gasteiger partial charge in [-0.25, -0.2) is 9.59 Å². The van der Waals surface area contributed by atoms with Crippen LogP contribution in [-0.4, -0.2) is 54.5 Å². The van der Waals surface area contributed by atoms with Crippen molar-refractivity contribution in [2.45, 2.75) is 75.7 Å². The number of epoxide rings is 2. The minimum absolute atomic E-state index is 0.264. The summed E-state index contributed by atoms with van der Waals surface area (Å²) in [6, 6.07) is 1.65. The second kappa shape index (κ2) is 6.92. The molecule has 0 radical (unpaired) electrons. The number of fused-ring (bicyclic) bond motifs is 4. The highest BCUT2D eigenvalue weighted by Crippen LogP contribution is 2.59. The number of methoxy groups -OCH3 is 1. The van der Waals surface area contributed by atoms with Crippen molar-refractivity contribution in [3.8, 4) is 0 Å². The summed E-state index contributed by atoms with van der Waals surface area (Å²) in [4.78, 5) is 37.2. The molecule has 9 heteroatoms. The summed E-state index contributed by atoms with van der Waals surface area (Å²) in [5.74, 6) is -0.856. The van der Waals surface area contributed by atoms with Crippen molar-refractivity contribution < 1.29 is 42.5 Å². The average molecular weight is 446 g/mol. The Bertz CT molecular complexity index is 1020. The third kappa shape index (κ3) is 3.09. The standard InChI is InChI=1S/C23H26O9/c1-10(2)12-6-14-13(20(25)27-5)8-15(29-14)18-22(4,31-18)9-16-19-23(32-19,21(26)30-16)17(7-12)28-11(3)24/h8,12,16-19H,1,6-7,9H2,2-5H3/t12-,16-,17+,18+,19-,22-,23-/m0/s1. The lowest BCUT2D eigenvalue weighted by Crippen LogP contribution is -2.42. The molecule has 0 amide bonds. The largest absolute Gasteiger partial charge is 0.465 e. The number of rotatable bonds is 3. The summed E-state index contributed by atoms with van der Waals surface area (Å²) >= 11 is 0. The summed E-state index contributed by atoms with van der Waals surface area (Å²) in [6.07, 6.45) is -1.33. The van der Waals surface area contributed by atoms with Crippen LogP contribution in [0.15, 0.2) is 22.6 Å². The average Bonchev–Trinajstić information content (AvgIpc) is 3.54. The Morgan fingerprint density at radius 2 is 2.00 bits per heavy atom. The third-order valence-electron chi connectivity index (χ3n) is 7.00. The first kappa shape index (κ1) is 21.2. The van der Waals surface area contributed by atoms with E-state index in [4.69, 9.17) is 28.1 Å². The number of furan rings is 1. The molecule has 7 atom stereocenters. The molecule has 172 valence electrons. The van der Waals surface area contributed by atoms with E-state index in [1.54, 1.807) is 6.07 Å². The Morgan fingerprint density at radius 1 is 1.25 bits per heavy atom. The Hall–Kier alpha value is -2.65. The molecule has 0 aliphatic carbocycles. The summed E-state index contributed by atoms with van der Waals surface area (Å²) < 4.78 is 34.1. The fourth-order valence-corrected chi connectivity index (χ4v) is 5.14. The van der Waals surface area contributed by atoms with Gasteiger partial charge in [0.1, 0.15) is 47.1 Å². The normalized spacial score (nSPS) is 39.2. The molecule has 9 nitrogen and oxygen atoms in total. The Morgan fingerprint density at radius 3 is 2.62 bits per heavy atom. The molecule has 5 rings (SSSR count). The van der Waals surface area contributed by atoms with E-state index < -0.39 is 47.4 Å². The molecule has 0 spiro atoms. The minimum Gasteiger partial charge on any atom is -0.465 e. The van der Waals surface area contributed by atoms with Gasteiger partial charge < -0.3 is 28.1 Å². The van der Waals surface area contributed by atoms with Crippen LogP contribution >= 0.6 is 0 Å². The van der Waals surface area contributed by atoms with Gasteiger partial charge in [0.05, 0.1) is 7.11 Å². The van der Waals surface area contributed by atoms with Crippen LogP contribution in [0.1, 0.15) is 61.6 Å². The molecular formula is C23H26O9. The van der Waals surface area contributed by atoms with Crippen LogP contribution in [0, 0.1) is 5.92 Å². The molecule has 0 unspecified atom stereocenters. The number of carbonyl (C=O) groups is 3. The predicted octanol–water partition coefficient (Wildman–Crippen LogP) is 2.42. The van der Waals surface area contributed by atoms with Gasteiger partial charge in [-0.3, -0.25) is 4.79 Å². The number of allylic oxidation sites excluding steroid dienone is 1. The van der Waals surface area contributed by atoms with Crippen LogP contribution in [0.25, 0.3) is 0 Å². The lowest BCUT2D eigenvalue weighted by atomic mass is 9.83. The summed E-state index contributed by atoms with van der Waals surface area (Å²) in [7, 11) is 1.31. The van der Waals surface area contributed by atoms with E-state index in [0.29, 0.717) is 29.9 Å². The maximum Gasteiger partial charge on any atom is 0.345 e. The number of hydrogen-bond acceptors (Lipinski definition) is 9. The van der Waals surface area contributed by atoms with Crippen molar-refractivity contribution in [3.63, 3.8) is 0 Å². The molecule has 4 bridgehead atoms. The zero-order valence-corrected chi connectivity index (χ0v) is 18.5.